The summed E-state index contributed by atoms with van der Waals surface area (Å²) in [6.07, 6.45) is 2.37. The molecule has 0 saturated carbocycles. The number of hydrogen-bond donors (Lipinski definition) is 2. The number of nitrogens with zero attached hydrogens (tertiary/aromatic N) is 2. The Labute approximate surface area is 126 Å². The normalized spacial score (nSPS) is 20.1. The van der Waals surface area contributed by atoms with Crippen LogP contribution in [0.25, 0.3) is 0 Å². The average Bonchev–Trinajstić information content (AvgIpc) is 2.64. The van der Waals surface area contributed by atoms with Crippen LogP contribution in [-0.4, -0.2) is 34.8 Å². The Kier molecular flexibility index (Phi) is 6.02. The maximum Gasteiger partial charge on any atom is 0.255 e. The van der Waals surface area contributed by atoms with Gasteiger partial charge in [-0.05, 0) is 52.6 Å². The highest BCUT2D eigenvalue weighted by molar-refractivity contribution is 5.96. The number of piperidine rings is 1. The van der Waals surface area contributed by atoms with E-state index in [-0.39, 0.29) is 24.4 Å². The van der Waals surface area contributed by atoms with E-state index < -0.39 is 0 Å². The molecule has 2 N–H and O–H groups in total. The lowest BCUT2D eigenvalue weighted by atomic mass is 9.92. The molecule has 2 atom stereocenters. The van der Waals surface area contributed by atoms with Crippen molar-refractivity contribution in [1.82, 2.24) is 20.4 Å². The van der Waals surface area contributed by atoms with Crippen molar-refractivity contribution in [3.63, 3.8) is 0 Å². The minimum absolute atomic E-state index is 0. The van der Waals surface area contributed by atoms with Crippen molar-refractivity contribution < 1.29 is 4.79 Å². The molecule has 1 aromatic heterocycles. The van der Waals surface area contributed by atoms with E-state index in [9.17, 15) is 4.79 Å². The zero-order valence-electron chi connectivity index (χ0n) is 12.7. The van der Waals surface area contributed by atoms with Crippen LogP contribution in [0.15, 0.2) is 0 Å². The summed E-state index contributed by atoms with van der Waals surface area (Å²) in [5.74, 6) is 0.524. The first-order valence-corrected chi connectivity index (χ1v) is 7.02. The lowest BCUT2D eigenvalue weighted by Gasteiger charge is -2.29. The van der Waals surface area contributed by atoms with E-state index in [1.54, 1.807) is 4.68 Å². The van der Waals surface area contributed by atoms with E-state index in [1.807, 2.05) is 20.9 Å². The van der Waals surface area contributed by atoms with Gasteiger partial charge in [-0.2, -0.15) is 5.10 Å². The maximum absolute atomic E-state index is 12.4. The van der Waals surface area contributed by atoms with Crippen molar-refractivity contribution in [3.8, 4) is 0 Å². The number of carbonyl (C=O) groups excluding carboxylic acids is 1. The minimum Gasteiger partial charge on any atom is -0.349 e. The summed E-state index contributed by atoms with van der Waals surface area (Å²) in [5, 5.41) is 10.8. The Morgan fingerprint density at radius 1 is 1.50 bits per heavy atom. The molecule has 114 valence electrons. The van der Waals surface area contributed by atoms with Gasteiger partial charge in [0.1, 0.15) is 0 Å². The highest BCUT2D eigenvalue weighted by atomic mass is 35.5. The molecule has 2 unspecified atom stereocenters. The molecule has 1 amide bonds. The number of rotatable bonds is 3. The van der Waals surface area contributed by atoms with Crippen LogP contribution in [-0.2, 0) is 7.05 Å². The lowest BCUT2D eigenvalue weighted by molar-refractivity contribution is 0.0920. The standard InChI is InChI=1S/C14H24N4O.ClH/c1-9(12-6-5-7-15-8-12)16-14(19)13-10(2)17-18(4)11(13)3;/h9,12,15H,5-8H2,1-4H3,(H,16,19);1H. The molecule has 20 heavy (non-hydrogen) atoms. The zero-order chi connectivity index (χ0) is 14.0. The summed E-state index contributed by atoms with van der Waals surface area (Å²) in [7, 11) is 1.87. The molecule has 0 aromatic carbocycles. The Hall–Kier alpha value is -1.07. The first-order chi connectivity index (χ1) is 9.00. The minimum atomic E-state index is 0. The zero-order valence-corrected chi connectivity index (χ0v) is 13.5. The van der Waals surface area contributed by atoms with Gasteiger partial charge in [0.05, 0.1) is 11.3 Å². The summed E-state index contributed by atoms with van der Waals surface area (Å²) in [6, 6.07) is 0.194. The Balaban J connectivity index is 0.00000200. The molecule has 1 saturated heterocycles. The summed E-state index contributed by atoms with van der Waals surface area (Å²) >= 11 is 0. The molecule has 1 aliphatic rings. The first-order valence-electron chi connectivity index (χ1n) is 7.02. The van der Waals surface area contributed by atoms with Crippen molar-refractivity contribution >= 4 is 18.3 Å². The number of hydrogen-bond acceptors (Lipinski definition) is 3. The van der Waals surface area contributed by atoms with E-state index in [2.05, 4.69) is 22.7 Å². The first kappa shape index (κ1) is 17.0. The van der Waals surface area contributed by atoms with Gasteiger partial charge >= 0.3 is 0 Å². The van der Waals surface area contributed by atoms with E-state index in [0.29, 0.717) is 5.92 Å². The largest absolute Gasteiger partial charge is 0.349 e. The lowest BCUT2D eigenvalue weighted by Crippen LogP contribution is -2.44. The van der Waals surface area contributed by atoms with Crippen LogP contribution in [0.1, 0.15) is 41.5 Å². The van der Waals surface area contributed by atoms with Crippen LogP contribution in [0.2, 0.25) is 0 Å². The van der Waals surface area contributed by atoms with Gasteiger partial charge in [-0.1, -0.05) is 0 Å². The molecule has 6 heteroatoms. The third kappa shape index (κ3) is 3.52. The summed E-state index contributed by atoms with van der Waals surface area (Å²) in [6.45, 7) is 8.00. The second-order valence-corrected chi connectivity index (χ2v) is 5.54. The molecular formula is C14H25ClN4O. The van der Waals surface area contributed by atoms with Gasteiger partial charge in [0.25, 0.3) is 5.91 Å². The number of halogens is 1. The third-order valence-electron chi connectivity index (χ3n) is 4.14. The second-order valence-electron chi connectivity index (χ2n) is 5.54. The average molecular weight is 301 g/mol. The van der Waals surface area contributed by atoms with Gasteiger partial charge in [-0.25, -0.2) is 0 Å². The smallest absolute Gasteiger partial charge is 0.255 e. The van der Waals surface area contributed by atoms with E-state index in [1.165, 1.54) is 12.8 Å². The van der Waals surface area contributed by atoms with Crippen LogP contribution < -0.4 is 10.6 Å². The number of amides is 1. The molecule has 0 spiro atoms. The Bertz CT molecular complexity index is 466. The summed E-state index contributed by atoms with van der Waals surface area (Å²) in [5.41, 5.74) is 2.44. The maximum atomic E-state index is 12.4. The molecule has 2 heterocycles. The molecule has 2 rings (SSSR count). The van der Waals surface area contributed by atoms with Crippen LogP contribution in [0, 0.1) is 19.8 Å². The summed E-state index contributed by atoms with van der Waals surface area (Å²) in [4.78, 5) is 12.4. The van der Waals surface area contributed by atoms with Crippen LogP contribution in [0.3, 0.4) is 0 Å². The molecule has 1 aliphatic heterocycles. The number of nitrogens with one attached hydrogen (secondary N) is 2. The van der Waals surface area contributed by atoms with E-state index in [4.69, 9.17) is 0 Å². The van der Waals surface area contributed by atoms with Gasteiger partial charge in [-0.3, -0.25) is 9.48 Å². The van der Waals surface area contributed by atoms with Gasteiger partial charge < -0.3 is 10.6 Å². The van der Waals surface area contributed by atoms with Crippen LogP contribution in [0.4, 0.5) is 0 Å². The Morgan fingerprint density at radius 3 is 2.70 bits per heavy atom. The molecule has 1 aromatic rings. The fourth-order valence-corrected chi connectivity index (χ4v) is 2.80. The number of carbonyl (C=O) groups is 1. The number of aromatic nitrogens is 2. The Morgan fingerprint density at radius 2 is 2.20 bits per heavy atom. The second kappa shape index (κ2) is 7.09. The predicted molar refractivity (Wildman–Crippen MR) is 82.5 cm³/mol. The van der Waals surface area contributed by atoms with Crippen molar-refractivity contribution in [1.29, 1.82) is 0 Å². The predicted octanol–water partition coefficient (Wildman–Crippen LogP) is 1.58. The highest BCUT2D eigenvalue weighted by Gasteiger charge is 2.24. The fraction of sp³-hybridized carbons (Fsp3) is 0.714. The monoisotopic (exact) mass is 300 g/mol. The molecule has 0 aliphatic carbocycles. The highest BCUT2D eigenvalue weighted by Crippen LogP contribution is 2.16. The van der Waals surface area contributed by atoms with Gasteiger partial charge in [0.15, 0.2) is 0 Å². The summed E-state index contributed by atoms with van der Waals surface area (Å²) < 4.78 is 1.76. The molecule has 0 bridgehead atoms. The molecule has 0 radical (unpaired) electrons. The SMILES string of the molecule is Cc1nn(C)c(C)c1C(=O)NC(C)C1CCCNC1.Cl. The van der Waals surface area contributed by atoms with Crippen molar-refractivity contribution in [2.45, 2.75) is 39.7 Å². The number of aryl methyl sites for hydroxylation is 2. The van der Waals surface area contributed by atoms with Crippen LogP contribution >= 0.6 is 12.4 Å². The van der Waals surface area contributed by atoms with Gasteiger partial charge in [0.2, 0.25) is 0 Å². The van der Waals surface area contributed by atoms with E-state index >= 15 is 0 Å². The van der Waals surface area contributed by atoms with Crippen molar-refractivity contribution in [3.05, 3.63) is 17.0 Å². The van der Waals surface area contributed by atoms with Gasteiger partial charge in [-0.15, -0.1) is 12.4 Å². The van der Waals surface area contributed by atoms with E-state index in [0.717, 1.165) is 30.0 Å². The molecule has 5 nitrogen and oxygen atoms in total. The topological polar surface area (TPSA) is 59.0 Å². The van der Waals surface area contributed by atoms with Gasteiger partial charge in [0, 0.05) is 18.8 Å². The van der Waals surface area contributed by atoms with Crippen molar-refractivity contribution in [2.24, 2.45) is 13.0 Å². The quantitative estimate of drug-likeness (QED) is 0.891. The molecular weight excluding hydrogens is 276 g/mol. The molecule has 1 fully saturated rings. The fourth-order valence-electron chi connectivity index (χ4n) is 2.80. The third-order valence-corrected chi connectivity index (χ3v) is 4.14. The van der Waals surface area contributed by atoms with Crippen LogP contribution in [0.5, 0.6) is 0 Å². The van der Waals surface area contributed by atoms with Crippen molar-refractivity contribution in [2.75, 3.05) is 13.1 Å².